The van der Waals surface area contributed by atoms with E-state index in [-0.39, 0.29) is 31.0 Å². The van der Waals surface area contributed by atoms with E-state index in [0.717, 1.165) is 0 Å². The zero-order valence-electron chi connectivity index (χ0n) is 16.1. The van der Waals surface area contributed by atoms with E-state index in [4.69, 9.17) is 0 Å². The summed E-state index contributed by atoms with van der Waals surface area (Å²) < 4.78 is 0. The van der Waals surface area contributed by atoms with Gasteiger partial charge < -0.3 is 0 Å². The van der Waals surface area contributed by atoms with Gasteiger partial charge in [0.2, 0.25) is 0 Å². The molecule has 142 valence electrons. The first-order chi connectivity index (χ1) is 12.6. The second-order valence-corrected chi connectivity index (χ2v) is 13.2. The van der Waals surface area contributed by atoms with Crippen molar-refractivity contribution >= 4 is 63.3 Å². The molecule has 0 heterocycles. The summed E-state index contributed by atoms with van der Waals surface area (Å²) in [5.74, 6) is 0. The van der Waals surface area contributed by atoms with Crippen LogP contribution in [-0.2, 0) is 19.2 Å². The molecule has 0 saturated heterocycles. The molecule has 0 spiro atoms. The minimum Gasteiger partial charge on any atom is -0.168 e. The van der Waals surface area contributed by atoms with Crippen LogP contribution in [0.15, 0.2) is 97.1 Å². The van der Waals surface area contributed by atoms with Crippen LogP contribution in [0.3, 0.4) is 0 Å². The maximum atomic E-state index is 2.27. The Kier molecular flexibility index (Phi) is 10.8. The fraction of sp³-hybridized carbons (Fsp3) is 0.0833. The van der Waals surface area contributed by atoms with E-state index in [1.165, 1.54) is 32.3 Å². The molecule has 0 atom stereocenters. The number of fused-ring (bicyclic) bond motifs is 4. The molecule has 5 rings (SSSR count). The van der Waals surface area contributed by atoms with Crippen LogP contribution < -0.4 is 0 Å². The van der Waals surface area contributed by atoms with E-state index in [1.54, 1.807) is 0 Å². The minimum absolute atomic E-state index is 0. The standard InChI is InChI=1S/C13H9.C9H7.C2H6Si.2ClH.Ti/c1-3-7-12-10(5-1)9-11-6-2-4-8-13(11)12;1-2-5-9-7-3-6-8(9)4-1;1-3-2;;;/h1-9H;1-7H;1-2H3;2*1H;/q2*-1;;;;+2. The average Bonchev–Trinajstić information content (AvgIpc) is 3.26. The third-order valence-electron chi connectivity index (χ3n) is 4.07. The van der Waals surface area contributed by atoms with Gasteiger partial charge >= 0.3 is 38.5 Å². The molecule has 0 aliphatic heterocycles. The number of hydrogen-bond donors (Lipinski definition) is 0. The van der Waals surface area contributed by atoms with E-state index in [1.807, 2.05) is 0 Å². The summed E-state index contributed by atoms with van der Waals surface area (Å²) in [5.41, 5.74) is 0. The zero-order chi connectivity index (χ0) is 18.4. The summed E-state index contributed by atoms with van der Waals surface area (Å²) in [5, 5.41) is 8.05. The second-order valence-electron chi connectivity index (χ2n) is 6.47. The van der Waals surface area contributed by atoms with Crippen molar-refractivity contribution in [3.8, 4) is 0 Å². The van der Waals surface area contributed by atoms with Crippen LogP contribution >= 0.6 is 24.8 Å². The molecule has 0 nitrogen and oxygen atoms in total. The van der Waals surface area contributed by atoms with Gasteiger partial charge in [-0.05, 0) is 0 Å². The van der Waals surface area contributed by atoms with Gasteiger partial charge in [-0.1, -0.05) is 42.5 Å². The smallest absolute Gasteiger partial charge is 0.0771 e. The molecule has 0 amide bonds. The quantitative estimate of drug-likeness (QED) is 0.163. The van der Waals surface area contributed by atoms with Crippen LogP contribution in [0.1, 0.15) is 0 Å². The van der Waals surface area contributed by atoms with E-state index < -0.39 is 0 Å². The first-order valence-corrected chi connectivity index (χ1v) is 13.6. The first-order valence-electron chi connectivity index (χ1n) is 8.80. The molecule has 0 radical (unpaired) electrons. The van der Waals surface area contributed by atoms with E-state index in [9.17, 15) is 0 Å². The summed E-state index contributed by atoms with van der Waals surface area (Å²) in [6, 6.07) is 33.9. The molecule has 0 aliphatic rings. The average molecular weight is 459 g/mol. The Balaban J connectivity index is 0.000000231. The maximum Gasteiger partial charge on any atom is -0.0771 e. The van der Waals surface area contributed by atoms with Crippen LogP contribution in [0.4, 0.5) is 0 Å². The van der Waals surface area contributed by atoms with Crippen molar-refractivity contribution in [2.24, 2.45) is 0 Å². The predicted octanol–water partition coefficient (Wildman–Crippen LogP) is 7.90. The van der Waals surface area contributed by atoms with Crippen molar-refractivity contribution in [1.29, 1.82) is 0 Å². The van der Waals surface area contributed by atoms with Gasteiger partial charge in [-0.25, -0.2) is 0 Å². The Labute approximate surface area is 191 Å². The molecule has 4 heteroatoms. The molecule has 0 unspecified atom stereocenters. The van der Waals surface area contributed by atoms with E-state index >= 15 is 0 Å². The summed E-state index contributed by atoms with van der Waals surface area (Å²) in [7, 11) is 0. The number of hydrogen-bond acceptors (Lipinski definition) is 0. The van der Waals surface area contributed by atoms with Crippen molar-refractivity contribution in [2.45, 2.75) is 13.1 Å². The summed E-state index contributed by atoms with van der Waals surface area (Å²) in [6.45, 7) is 4.54. The molecule has 0 bridgehead atoms. The second kappa shape index (κ2) is 12.3. The van der Waals surface area contributed by atoms with Crippen molar-refractivity contribution in [3.63, 3.8) is 0 Å². The maximum absolute atomic E-state index is 2.27. The molecular formula is C24H24Cl2SiTi. The molecule has 0 aromatic heterocycles. The Bertz CT molecular complexity index is 1060. The van der Waals surface area contributed by atoms with Gasteiger partial charge in [0.15, 0.2) is 0 Å². The van der Waals surface area contributed by atoms with Gasteiger partial charge in [0.25, 0.3) is 0 Å². The van der Waals surface area contributed by atoms with Crippen LogP contribution in [0.25, 0.3) is 32.3 Å². The molecule has 0 N–H and O–H groups in total. The minimum atomic E-state index is 0. The SMILES string of the molecule is C[Si](C)=[Ti+2].Cl.Cl.c1ccc2[cH-]ccc2c1.c1ccc2c(c1)[cH-]c1ccccc12. The third kappa shape index (κ3) is 6.62. The van der Waals surface area contributed by atoms with Crippen molar-refractivity contribution in [1.82, 2.24) is 0 Å². The Morgan fingerprint density at radius 3 is 1.57 bits per heavy atom. The predicted molar refractivity (Wildman–Crippen MR) is 129 cm³/mol. The van der Waals surface area contributed by atoms with E-state index in [0.29, 0.717) is 0 Å². The van der Waals surface area contributed by atoms with Gasteiger partial charge in [-0.3, -0.25) is 0 Å². The van der Waals surface area contributed by atoms with Crippen LogP contribution in [0, 0.1) is 0 Å². The molecule has 5 aromatic rings. The Hall–Kier alpha value is -1.35. The Morgan fingerprint density at radius 1 is 0.643 bits per heavy atom. The number of rotatable bonds is 0. The molecular weight excluding hydrogens is 435 g/mol. The molecule has 0 aliphatic carbocycles. The van der Waals surface area contributed by atoms with Gasteiger partial charge in [0.05, 0.1) is 0 Å². The van der Waals surface area contributed by atoms with E-state index in [2.05, 4.69) is 129 Å². The molecule has 28 heavy (non-hydrogen) atoms. The molecule has 5 aromatic carbocycles. The normalized spacial score (nSPS) is 9.43. The fourth-order valence-electron chi connectivity index (χ4n) is 2.97. The van der Waals surface area contributed by atoms with Gasteiger partial charge in [-0.15, -0.1) is 94.2 Å². The summed E-state index contributed by atoms with van der Waals surface area (Å²) in [4.78, 5) is 0. The first kappa shape index (κ1) is 24.7. The summed E-state index contributed by atoms with van der Waals surface area (Å²) in [6.07, 6.45) is 0.120. The largest absolute Gasteiger partial charge is 0.168 e. The number of benzene rings is 3. The molecule has 0 fully saturated rings. The monoisotopic (exact) mass is 458 g/mol. The molecule has 0 saturated carbocycles. The van der Waals surface area contributed by atoms with Gasteiger partial charge in [-0.2, -0.15) is 17.5 Å². The van der Waals surface area contributed by atoms with Crippen molar-refractivity contribution in [2.75, 3.05) is 0 Å². The third-order valence-corrected chi connectivity index (χ3v) is 4.07. The summed E-state index contributed by atoms with van der Waals surface area (Å²) >= 11 is 2.27. The Morgan fingerprint density at radius 2 is 1.07 bits per heavy atom. The van der Waals surface area contributed by atoms with Crippen molar-refractivity contribution < 1.29 is 19.2 Å². The van der Waals surface area contributed by atoms with Gasteiger partial charge in [0.1, 0.15) is 0 Å². The van der Waals surface area contributed by atoms with Crippen LogP contribution in [0.5, 0.6) is 0 Å². The van der Waals surface area contributed by atoms with Gasteiger partial charge in [0, 0.05) is 0 Å². The topological polar surface area (TPSA) is 0 Å². The zero-order valence-corrected chi connectivity index (χ0v) is 20.2. The fourth-order valence-corrected chi connectivity index (χ4v) is 2.97. The van der Waals surface area contributed by atoms with Crippen molar-refractivity contribution in [3.05, 3.63) is 97.1 Å². The van der Waals surface area contributed by atoms with Crippen LogP contribution in [-0.4, -0.2) is 6.19 Å². The van der Waals surface area contributed by atoms with Crippen LogP contribution in [0.2, 0.25) is 13.1 Å². The number of halogens is 2.